The highest BCUT2D eigenvalue weighted by atomic mass is 79.9. The molecule has 0 fully saturated rings. The monoisotopic (exact) mass is 990 g/mol. The summed E-state index contributed by atoms with van der Waals surface area (Å²) < 4.78 is 5.82. The van der Waals surface area contributed by atoms with Crippen molar-refractivity contribution in [3.63, 3.8) is 0 Å². The van der Waals surface area contributed by atoms with Gasteiger partial charge in [0.05, 0.1) is 44.5 Å². The van der Waals surface area contributed by atoms with Crippen LogP contribution in [0.15, 0.2) is 253 Å². The van der Waals surface area contributed by atoms with Gasteiger partial charge in [0.15, 0.2) is 0 Å². The predicted molar refractivity (Wildman–Crippen MR) is 313 cm³/mol. The van der Waals surface area contributed by atoms with Crippen molar-refractivity contribution in [3.05, 3.63) is 253 Å². The van der Waals surface area contributed by atoms with Gasteiger partial charge in [-0.2, -0.15) is 0 Å². The van der Waals surface area contributed by atoms with E-state index in [0.29, 0.717) is 0 Å². The number of halogens is 1. The van der Waals surface area contributed by atoms with E-state index < -0.39 is 0 Å². The smallest absolute Gasteiger partial charge is 0.244 e. The van der Waals surface area contributed by atoms with Gasteiger partial charge in [-0.15, -0.1) is 0 Å². The van der Waals surface area contributed by atoms with Gasteiger partial charge in [-0.3, -0.25) is 0 Å². The number of hydrogen-bond donors (Lipinski definition) is 0. The summed E-state index contributed by atoms with van der Waals surface area (Å²) in [5.41, 5.74) is 21.9. The number of rotatable bonds is 4. The highest BCUT2D eigenvalue weighted by molar-refractivity contribution is 9.10. The molecule has 0 radical (unpaired) electrons. The third-order valence-corrected chi connectivity index (χ3v) is 15.8. The second-order valence-electron chi connectivity index (χ2n) is 19.4. The largest absolute Gasteiger partial charge is 0.309 e. The molecule has 0 aliphatic carbocycles. The summed E-state index contributed by atoms with van der Waals surface area (Å²) in [6.45, 7) is 0.315. The number of benzene rings is 10. The van der Waals surface area contributed by atoms with Crippen LogP contribution in [0, 0.1) is 0 Å². The SMILES string of the molecule is Brc1ccc2c3cc(B4c5ccccc5-c5nc6ccccc6cc54)ccc3n(-c3ccccc3)c2c1.c1ccc(-n2c3ccccc3c3cc(B4c5ccccc5-c5nc6ccccc6cc54)ccc32)cc1. The van der Waals surface area contributed by atoms with Crippen LogP contribution in [-0.2, 0) is 0 Å². The molecule has 0 unspecified atom stereocenters. The van der Waals surface area contributed by atoms with Crippen LogP contribution >= 0.6 is 15.9 Å². The second-order valence-corrected chi connectivity index (χ2v) is 20.3. The molecule has 338 valence electrons. The minimum atomic E-state index is 0.151. The maximum absolute atomic E-state index is 5.13. The lowest BCUT2D eigenvalue weighted by atomic mass is 9.39. The molecule has 16 rings (SSSR count). The highest BCUT2D eigenvalue weighted by Gasteiger charge is 2.36. The average molecular weight is 992 g/mol. The molecule has 0 N–H and O–H groups in total. The first-order chi connectivity index (χ1) is 36.1. The first-order valence-electron chi connectivity index (χ1n) is 25.0. The summed E-state index contributed by atoms with van der Waals surface area (Å²) in [6, 6.07) is 89.7. The third-order valence-electron chi connectivity index (χ3n) is 15.3. The lowest BCUT2D eigenvalue weighted by molar-refractivity contribution is 1.18. The van der Waals surface area contributed by atoms with E-state index in [-0.39, 0.29) is 13.4 Å². The fourth-order valence-electron chi connectivity index (χ4n) is 12.2. The molecular weight excluding hydrogens is 950 g/mol. The number of aromatic nitrogens is 4. The van der Waals surface area contributed by atoms with Crippen molar-refractivity contribution in [2.24, 2.45) is 0 Å². The van der Waals surface area contributed by atoms with Crippen LogP contribution in [0.5, 0.6) is 0 Å². The summed E-state index contributed by atoms with van der Waals surface area (Å²) in [5.74, 6) is 0. The van der Waals surface area contributed by atoms with E-state index in [9.17, 15) is 0 Å². The number of fused-ring (bicyclic) bond motifs is 14. The Hall–Kier alpha value is -8.77. The molecule has 0 bridgehead atoms. The molecule has 0 saturated heterocycles. The highest BCUT2D eigenvalue weighted by Crippen LogP contribution is 2.35. The molecular formula is C66H41B2BrN4. The minimum absolute atomic E-state index is 0.151. The zero-order valence-corrected chi connectivity index (χ0v) is 41.1. The van der Waals surface area contributed by atoms with Crippen molar-refractivity contribution in [2.45, 2.75) is 0 Å². The van der Waals surface area contributed by atoms with Gasteiger partial charge in [0.2, 0.25) is 13.4 Å². The zero-order valence-electron chi connectivity index (χ0n) is 39.5. The first kappa shape index (κ1) is 42.0. The van der Waals surface area contributed by atoms with E-state index in [1.54, 1.807) is 0 Å². The summed E-state index contributed by atoms with van der Waals surface area (Å²) in [6.07, 6.45) is 0. The fourth-order valence-corrected chi connectivity index (χ4v) is 12.5. The fraction of sp³-hybridized carbons (Fsp3) is 0. The van der Waals surface area contributed by atoms with Gasteiger partial charge in [0, 0.05) is 37.4 Å². The van der Waals surface area contributed by atoms with Crippen LogP contribution < -0.4 is 32.8 Å². The Labute approximate surface area is 431 Å². The second kappa shape index (κ2) is 16.7. The van der Waals surface area contributed by atoms with E-state index in [0.717, 1.165) is 26.9 Å². The third kappa shape index (κ3) is 6.62. The van der Waals surface area contributed by atoms with E-state index in [1.807, 2.05) is 0 Å². The molecule has 0 saturated carbocycles. The van der Waals surface area contributed by atoms with Gasteiger partial charge < -0.3 is 9.13 Å². The molecule has 0 atom stereocenters. The van der Waals surface area contributed by atoms with Gasteiger partial charge in [0.25, 0.3) is 0 Å². The van der Waals surface area contributed by atoms with E-state index >= 15 is 0 Å². The molecule has 4 aromatic heterocycles. The average Bonchev–Trinajstić information content (AvgIpc) is 4.18. The van der Waals surface area contributed by atoms with E-state index in [2.05, 4.69) is 274 Å². The topological polar surface area (TPSA) is 35.6 Å². The zero-order chi connectivity index (χ0) is 48.1. The van der Waals surface area contributed by atoms with Crippen molar-refractivity contribution >= 4 is 128 Å². The summed E-state index contributed by atoms with van der Waals surface area (Å²) in [4.78, 5) is 10.3. The molecule has 2 aliphatic rings. The van der Waals surface area contributed by atoms with Gasteiger partial charge >= 0.3 is 0 Å². The summed E-state index contributed by atoms with van der Waals surface area (Å²) in [5, 5.41) is 7.46. The van der Waals surface area contributed by atoms with E-state index in [4.69, 9.17) is 9.97 Å². The Kier molecular flexibility index (Phi) is 9.58. The first-order valence-corrected chi connectivity index (χ1v) is 25.8. The van der Waals surface area contributed by atoms with Crippen LogP contribution in [0.3, 0.4) is 0 Å². The number of hydrogen-bond acceptors (Lipinski definition) is 2. The molecule has 0 spiro atoms. The van der Waals surface area contributed by atoms with Crippen molar-refractivity contribution in [1.29, 1.82) is 0 Å². The summed E-state index contributed by atoms with van der Waals surface area (Å²) in [7, 11) is 0. The van der Waals surface area contributed by atoms with Crippen LogP contribution in [0.25, 0.3) is 99.3 Å². The Morgan fingerprint density at radius 3 is 1.32 bits per heavy atom. The van der Waals surface area contributed by atoms with Gasteiger partial charge in [0.1, 0.15) is 0 Å². The quantitative estimate of drug-likeness (QED) is 0.165. The standard InChI is InChI=1S/C33H20BBrN2.C33H21BN2/c35-23-15-16-25-27-19-22(14-17-31(27)37(32(25)20-23)24-9-2-1-3-10-24)34-28-12-6-5-11-26(28)33-29(34)18-21-8-4-7-13-30(21)36-33;1-2-11-24(12-3-1)36-31-17-9-6-13-25(31)27-21-23(18-19-32(27)36)34-28-15-7-5-14-26(28)33-29(34)20-22-10-4-8-16-30(22)35-33/h1-20H;1-21H. The molecule has 4 nitrogen and oxygen atoms in total. The van der Waals surface area contributed by atoms with Crippen LogP contribution in [0.4, 0.5) is 0 Å². The molecule has 10 aromatic carbocycles. The Balaban J connectivity index is 0.000000130. The van der Waals surface area contributed by atoms with Crippen molar-refractivity contribution in [1.82, 2.24) is 19.1 Å². The molecule has 6 heterocycles. The van der Waals surface area contributed by atoms with Gasteiger partial charge in [-0.05, 0) is 99.6 Å². The number of pyridine rings is 2. The maximum atomic E-state index is 5.13. The lowest BCUT2D eigenvalue weighted by Crippen LogP contribution is -2.48. The molecule has 7 heteroatoms. The molecule has 2 aliphatic heterocycles. The molecule has 0 amide bonds. The van der Waals surface area contributed by atoms with Gasteiger partial charge in [-0.1, -0.05) is 220 Å². The Morgan fingerprint density at radius 1 is 0.315 bits per heavy atom. The van der Waals surface area contributed by atoms with Crippen LogP contribution in [0.1, 0.15) is 0 Å². The van der Waals surface area contributed by atoms with Crippen LogP contribution in [0.2, 0.25) is 0 Å². The van der Waals surface area contributed by atoms with Crippen molar-refractivity contribution in [2.75, 3.05) is 0 Å². The molecule has 14 aromatic rings. The maximum Gasteiger partial charge on any atom is 0.244 e. The number of nitrogens with zero attached hydrogens (tertiary/aromatic N) is 4. The number of para-hydroxylation sites is 5. The van der Waals surface area contributed by atoms with E-state index in [1.165, 1.54) is 110 Å². The summed E-state index contributed by atoms with van der Waals surface area (Å²) >= 11 is 3.70. The van der Waals surface area contributed by atoms with Gasteiger partial charge in [-0.25, -0.2) is 9.97 Å². The Bertz CT molecular complexity index is 4540. The minimum Gasteiger partial charge on any atom is -0.309 e. The Morgan fingerprint density at radius 2 is 0.753 bits per heavy atom. The van der Waals surface area contributed by atoms with Crippen molar-refractivity contribution < 1.29 is 0 Å². The van der Waals surface area contributed by atoms with Crippen LogP contribution in [-0.4, -0.2) is 32.5 Å². The molecule has 73 heavy (non-hydrogen) atoms. The lowest BCUT2D eigenvalue weighted by Gasteiger charge is -2.12. The van der Waals surface area contributed by atoms with Crippen molar-refractivity contribution in [3.8, 4) is 33.9 Å². The predicted octanol–water partition coefficient (Wildman–Crippen LogP) is 12.4. The normalized spacial score (nSPS) is 12.4.